The number of hydrogen-bond acceptors (Lipinski definition) is 4. The summed E-state index contributed by atoms with van der Waals surface area (Å²) in [6.07, 6.45) is 8.58. The van der Waals surface area contributed by atoms with Gasteiger partial charge in [-0.25, -0.2) is 0 Å². The molecule has 0 saturated carbocycles. The Morgan fingerprint density at radius 1 is 0.462 bits per heavy atom. The first-order chi connectivity index (χ1) is 25.8. The Morgan fingerprint density at radius 2 is 1.13 bits per heavy atom. The van der Waals surface area contributed by atoms with E-state index >= 15 is 0 Å². The fourth-order valence-electron chi connectivity index (χ4n) is 8.18. The van der Waals surface area contributed by atoms with Gasteiger partial charge in [-0.3, -0.25) is 0 Å². The lowest BCUT2D eigenvalue weighted by Crippen LogP contribution is -2.17. The van der Waals surface area contributed by atoms with Crippen molar-refractivity contribution < 1.29 is 13.3 Å². The highest BCUT2D eigenvalue weighted by atomic mass is 16.3. The zero-order chi connectivity index (χ0) is 34.2. The topological polar surface area (TPSA) is 42.7 Å². The normalized spacial score (nSPS) is 13.3. The van der Waals surface area contributed by atoms with Crippen LogP contribution in [-0.4, -0.2) is 0 Å². The van der Waals surface area contributed by atoms with Crippen LogP contribution in [0.4, 0.5) is 11.4 Å². The lowest BCUT2D eigenvalue weighted by molar-refractivity contribution is 0.668. The van der Waals surface area contributed by atoms with Gasteiger partial charge in [0.25, 0.3) is 0 Å². The lowest BCUT2D eigenvalue weighted by atomic mass is 9.94. The molecule has 3 aromatic heterocycles. The summed E-state index contributed by atoms with van der Waals surface area (Å²) in [4.78, 5) is 2.34. The summed E-state index contributed by atoms with van der Waals surface area (Å²) in [6.45, 7) is 0. The molecule has 3 heterocycles. The minimum atomic E-state index is 0.859. The van der Waals surface area contributed by atoms with E-state index in [1.807, 2.05) is 18.2 Å². The second-order valence-corrected chi connectivity index (χ2v) is 13.5. The van der Waals surface area contributed by atoms with E-state index in [0.29, 0.717) is 0 Å². The van der Waals surface area contributed by atoms with E-state index in [2.05, 4.69) is 151 Å². The molecule has 1 aliphatic carbocycles. The van der Waals surface area contributed by atoms with E-state index in [-0.39, 0.29) is 0 Å². The zero-order valence-electron chi connectivity index (χ0n) is 28.2. The van der Waals surface area contributed by atoms with Gasteiger partial charge in [-0.05, 0) is 102 Å². The van der Waals surface area contributed by atoms with Gasteiger partial charge in [-0.2, -0.15) is 0 Å². The smallest absolute Gasteiger partial charge is 0.159 e. The van der Waals surface area contributed by atoms with Gasteiger partial charge in [0, 0.05) is 43.7 Å². The van der Waals surface area contributed by atoms with E-state index in [1.165, 1.54) is 5.70 Å². The van der Waals surface area contributed by atoms with Crippen molar-refractivity contribution in [2.45, 2.75) is 12.8 Å². The monoisotopic (exact) mass is 669 g/mol. The number of hydrogen-bond donors (Lipinski definition) is 0. The first-order valence-corrected chi connectivity index (χ1v) is 17.8. The molecule has 246 valence electrons. The summed E-state index contributed by atoms with van der Waals surface area (Å²) in [6, 6.07) is 51.0. The molecule has 4 nitrogen and oxygen atoms in total. The molecule has 4 heteroatoms. The van der Waals surface area contributed by atoms with E-state index in [4.69, 9.17) is 13.3 Å². The van der Waals surface area contributed by atoms with Crippen LogP contribution in [-0.2, 0) is 0 Å². The molecule has 52 heavy (non-hydrogen) atoms. The predicted molar refractivity (Wildman–Crippen MR) is 214 cm³/mol. The average molecular weight is 670 g/mol. The summed E-state index contributed by atoms with van der Waals surface area (Å²) < 4.78 is 19.5. The van der Waals surface area contributed by atoms with Gasteiger partial charge < -0.3 is 18.2 Å². The van der Waals surface area contributed by atoms with Crippen LogP contribution >= 0.6 is 0 Å². The van der Waals surface area contributed by atoms with Crippen LogP contribution in [0.3, 0.4) is 0 Å². The maximum absolute atomic E-state index is 6.81. The van der Waals surface area contributed by atoms with Crippen LogP contribution in [0.25, 0.3) is 88.1 Å². The standard InChI is InChI=1S/C48H31NO3/c1-3-12-32(13-4-1)49(33-14-5-2-6-15-33)40-20-9-19-37-34-26-24-31(29-45(34)52-48(37)40)30-25-27-42-39(28-30)47-36(18-11-23-44(47)51-42)35-17-10-22-43-46(35)38-16-7-8-21-41(38)50-43/h1-5,7-14,16-29H,6,15H2. The molecule has 0 unspecified atom stereocenters. The van der Waals surface area contributed by atoms with Gasteiger partial charge in [0.05, 0.1) is 5.69 Å². The number of nitrogens with zero attached hydrogens (tertiary/aromatic N) is 1. The van der Waals surface area contributed by atoms with Crippen molar-refractivity contribution in [2.75, 3.05) is 4.90 Å². The molecule has 0 N–H and O–H groups in total. The van der Waals surface area contributed by atoms with Gasteiger partial charge in [0.1, 0.15) is 27.9 Å². The van der Waals surface area contributed by atoms with Gasteiger partial charge in [-0.1, -0.05) is 97.1 Å². The highest BCUT2D eigenvalue weighted by Crippen LogP contribution is 2.45. The Morgan fingerprint density at radius 3 is 1.94 bits per heavy atom. The van der Waals surface area contributed by atoms with Crippen LogP contribution in [0.5, 0.6) is 0 Å². The third kappa shape index (κ3) is 4.41. The van der Waals surface area contributed by atoms with E-state index in [9.17, 15) is 0 Å². The summed E-state index contributed by atoms with van der Waals surface area (Å²) in [7, 11) is 0. The molecule has 0 amide bonds. The summed E-state index contributed by atoms with van der Waals surface area (Å²) >= 11 is 0. The third-order valence-electron chi connectivity index (χ3n) is 10.5. The number of anilines is 2. The first kappa shape index (κ1) is 29.0. The third-order valence-corrected chi connectivity index (χ3v) is 10.5. The minimum absolute atomic E-state index is 0.859. The van der Waals surface area contributed by atoms with Crippen LogP contribution in [0, 0.1) is 0 Å². The van der Waals surface area contributed by atoms with Crippen LogP contribution in [0.15, 0.2) is 183 Å². The number of allylic oxidation sites excluding steroid dienone is 4. The zero-order valence-corrected chi connectivity index (χ0v) is 28.2. The fraction of sp³-hybridized carbons (Fsp3) is 0.0417. The highest BCUT2D eigenvalue weighted by Gasteiger charge is 2.22. The number of fused-ring (bicyclic) bond motifs is 9. The largest absolute Gasteiger partial charge is 0.456 e. The molecule has 11 rings (SSSR count). The number of furan rings is 3. The maximum Gasteiger partial charge on any atom is 0.159 e. The molecule has 0 saturated heterocycles. The van der Waals surface area contributed by atoms with Crippen LogP contribution in [0.2, 0.25) is 0 Å². The average Bonchev–Trinajstić information content (AvgIpc) is 3.90. The van der Waals surface area contributed by atoms with Crippen molar-refractivity contribution in [1.29, 1.82) is 0 Å². The molecular weight excluding hydrogens is 639 g/mol. The second-order valence-electron chi connectivity index (χ2n) is 13.5. The summed E-state index contributed by atoms with van der Waals surface area (Å²) in [5.41, 5.74) is 13.1. The molecular formula is C48H31NO3. The molecule has 1 aliphatic rings. The number of benzene rings is 7. The Kier molecular flexibility index (Phi) is 6.34. The fourth-order valence-corrected chi connectivity index (χ4v) is 8.18. The van der Waals surface area contributed by atoms with Crippen molar-refractivity contribution in [3.63, 3.8) is 0 Å². The van der Waals surface area contributed by atoms with Crippen molar-refractivity contribution in [1.82, 2.24) is 0 Å². The van der Waals surface area contributed by atoms with E-state index < -0.39 is 0 Å². The molecule has 10 aromatic rings. The van der Waals surface area contributed by atoms with Crippen LogP contribution < -0.4 is 4.90 Å². The second kappa shape index (κ2) is 11.4. The molecule has 0 aliphatic heterocycles. The summed E-state index contributed by atoms with van der Waals surface area (Å²) in [5.74, 6) is 0. The van der Waals surface area contributed by atoms with Gasteiger partial charge in [0.15, 0.2) is 5.58 Å². The first-order valence-electron chi connectivity index (χ1n) is 17.8. The Labute approximate surface area is 299 Å². The Bertz CT molecular complexity index is 3080. The highest BCUT2D eigenvalue weighted by molar-refractivity contribution is 6.20. The van der Waals surface area contributed by atoms with Crippen molar-refractivity contribution in [3.05, 3.63) is 170 Å². The molecule has 0 atom stereocenters. The maximum atomic E-state index is 6.81. The van der Waals surface area contributed by atoms with Crippen molar-refractivity contribution >= 4 is 77.2 Å². The minimum Gasteiger partial charge on any atom is -0.456 e. The molecule has 0 spiro atoms. The Hall–Kier alpha value is -6.78. The van der Waals surface area contributed by atoms with Gasteiger partial charge in [0.2, 0.25) is 0 Å². The van der Waals surface area contributed by atoms with Crippen molar-refractivity contribution in [3.8, 4) is 22.3 Å². The van der Waals surface area contributed by atoms with E-state index in [0.717, 1.165) is 112 Å². The van der Waals surface area contributed by atoms with Crippen molar-refractivity contribution in [2.24, 2.45) is 0 Å². The Balaban J connectivity index is 1.07. The molecule has 0 bridgehead atoms. The number of rotatable bonds is 5. The molecule has 0 radical (unpaired) electrons. The number of para-hydroxylation sites is 3. The lowest BCUT2D eigenvalue weighted by Gasteiger charge is -2.28. The van der Waals surface area contributed by atoms with E-state index in [1.54, 1.807) is 0 Å². The van der Waals surface area contributed by atoms with Gasteiger partial charge in [-0.15, -0.1) is 0 Å². The quantitative estimate of drug-likeness (QED) is 0.183. The SMILES string of the molecule is C1=CCCC(N(c2ccccc2)c2cccc3c2oc2cc(-c4ccc5oc6cccc(-c7cccc8oc9ccccc9c78)c6c5c4)ccc23)=C1. The van der Waals surface area contributed by atoms with Crippen LogP contribution in [0.1, 0.15) is 12.8 Å². The summed E-state index contributed by atoms with van der Waals surface area (Å²) in [5, 5.41) is 6.61. The molecule has 7 aromatic carbocycles. The predicted octanol–water partition coefficient (Wildman–Crippen LogP) is 14.1. The van der Waals surface area contributed by atoms with Gasteiger partial charge >= 0.3 is 0 Å². The molecule has 0 fully saturated rings.